The summed E-state index contributed by atoms with van der Waals surface area (Å²) in [5.74, 6) is 4.73. The summed E-state index contributed by atoms with van der Waals surface area (Å²) in [6.45, 7) is 4.48. The first-order chi connectivity index (χ1) is 11.4. The highest BCUT2D eigenvalue weighted by molar-refractivity contribution is 9.09. The van der Waals surface area contributed by atoms with E-state index in [0.29, 0.717) is 11.1 Å². The lowest BCUT2D eigenvalue weighted by Gasteiger charge is -2.56. The summed E-state index contributed by atoms with van der Waals surface area (Å²) in [5.41, 5.74) is 1.19. The molecule has 4 saturated carbocycles. The molecule has 4 fully saturated rings. The lowest BCUT2D eigenvalue weighted by Crippen LogP contribution is -2.49. The summed E-state index contributed by atoms with van der Waals surface area (Å²) in [6, 6.07) is 0. The quantitative estimate of drug-likeness (QED) is 0.447. The fourth-order valence-corrected chi connectivity index (χ4v) is 7.79. The molecule has 0 amide bonds. The summed E-state index contributed by atoms with van der Waals surface area (Å²) < 4.78 is 0. The average Bonchev–Trinajstić information content (AvgIpc) is 2.90. The van der Waals surface area contributed by atoms with Gasteiger partial charge in [0.25, 0.3) is 0 Å². The van der Waals surface area contributed by atoms with Gasteiger partial charge < -0.3 is 10.2 Å². The first kappa shape index (κ1) is 17.4. The van der Waals surface area contributed by atoms with Crippen molar-refractivity contribution in [2.45, 2.75) is 77.2 Å². The Labute approximate surface area is 155 Å². The Morgan fingerprint density at radius 2 is 1.79 bits per heavy atom. The lowest BCUT2D eigenvalue weighted by atomic mass is 9.49. The van der Waals surface area contributed by atoms with Gasteiger partial charge in [-0.2, -0.15) is 0 Å². The van der Waals surface area contributed by atoms with Crippen molar-refractivity contribution in [3.05, 3.63) is 11.3 Å². The number of hydrogen-bond donors (Lipinski definition) is 2. The topological polar surface area (TPSA) is 40.5 Å². The number of halogens is 1. The Balaban J connectivity index is 1.58. The van der Waals surface area contributed by atoms with Crippen LogP contribution in [0.3, 0.4) is 0 Å². The van der Waals surface area contributed by atoms with Crippen molar-refractivity contribution in [1.82, 2.24) is 0 Å². The Kier molecular flexibility index (Phi) is 4.36. The molecule has 0 unspecified atom stereocenters. The van der Waals surface area contributed by atoms with Gasteiger partial charge in [0, 0.05) is 0 Å². The minimum Gasteiger partial charge on any atom is -0.511 e. The van der Waals surface area contributed by atoms with Crippen LogP contribution in [0.5, 0.6) is 0 Å². The van der Waals surface area contributed by atoms with E-state index in [0.717, 1.165) is 48.9 Å². The zero-order valence-corrected chi connectivity index (χ0v) is 16.8. The highest BCUT2D eigenvalue weighted by Gasteiger charge is 2.56. The predicted octanol–water partition coefficient (Wildman–Crippen LogP) is 5.60. The van der Waals surface area contributed by atoms with Gasteiger partial charge in [0.1, 0.15) is 5.76 Å². The van der Waals surface area contributed by atoms with Crippen LogP contribution in [0.4, 0.5) is 0 Å². The molecule has 2 N–H and O–H groups in total. The van der Waals surface area contributed by atoms with Crippen molar-refractivity contribution in [2.24, 2.45) is 35.0 Å². The molecule has 0 radical (unpaired) electrons. The van der Waals surface area contributed by atoms with Crippen LogP contribution >= 0.6 is 15.9 Å². The van der Waals surface area contributed by atoms with Crippen molar-refractivity contribution in [2.75, 3.05) is 5.33 Å². The Morgan fingerprint density at radius 1 is 1.04 bits per heavy atom. The van der Waals surface area contributed by atoms with Gasteiger partial charge in [-0.15, -0.1) is 0 Å². The van der Waals surface area contributed by atoms with Crippen LogP contribution in [0, 0.1) is 35.0 Å². The minimum absolute atomic E-state index is 0.242. The number of hydrogen-bond acceptors (Lipinski definition) is 2. The molecule has 0 saturated heterocycles. The third-order valence-electron chi connectivity index (χ3n) is 8.50. The first-order valence-electron chi connectivity index (χ1n) is 10.1. The number of aliphatic hydroxyl groups is 2. The zero-order chi connectivity index (χ0) is 17.1. The molecule has 0 heterocycles. The Morgan fingerprint density at radius 3 is 2.54 bits per heavy atom. The summed E-state index contributed by atoms with van der Waals surface area (Å²) in [6.07, 6.45) is 10.9. The maximum atomic E-state index is 10.5. The molecule has 136 valence electrons. The monoisotopic (exact) mass is 396 g/mol. The number of allylic oxidation sites excluding steroid dienone is 2. The molecule has 0 aromatic heterocycles. The number of aliphatic hydroxyl groups excluding tert-OH is 1. The first-order valence-corrected chi connectivity index (χ1v) is 11.2. The van der Waals surface area contributed by atoms with Crippen molar-refractivity contribution in [3.63, 3.8) is 0 Å². The van der Waals surface area contributed by atoms with E-state index in [1.54, 1.807) is 0 Å². The summed E-state index contributed by atoms with van der Waals surface area (Å²) in [7, 11) is 0. The molecule has 0 aromatic rings. The van der Waals surface area contributed by atoms with E-state index < -0.39 is 5.60 Å². The van der Waals surface area contributed by atoms with Crippen LogP contribution in [-0.4, -0.2) is 21.1 Å². The molecule has 3 heteroatoms. The average molecular weight is 397 g/mol. The Hall–Kier alpha value is -0.0200. The summed E-state index contributed by atoms with van der Waals surface area (Å²) in [5, 5.41) is 21.5. The van der Waals surface area contributed by atoms with Crippen LogP contribution < -0.4 is 0 Å². The van der Waals surface area contributed by atoms with Gasteiger partial charge in [-0.25, -0.2) is 0 Å². The standard InChI is InChI=1S/C21H33BrO2/c1-20(24)9-7-14-13(11-20)3-4-16-15(14)8-10-21(2)17(16)5-6-18(21)19(23)12-22/h13-17,23-24H,3-12H2,1-2H3/b19-18+/t13-,14-,15+,16+,17-,20+,21-/m0/s1. The third kappa shape index (κ3) is 2.60. The van der Waals surface area contributed by atoms with Crippen molar-refractivity contribution in [3.8, 4) is 0 Å². The number of fused-ring (bicyclic) bond motifs is 5. The fraction of sp³-hybridized carbons (Fsp3) is 0.905. The van der Waals surface area contributed by atoms with Gasteiger partial charge in [-0.3, -0.25) is 0 Å². The molecule has 4 aliphatic rings. The maximum Gasteiger partial charge on any atom is 0.103 e. The van der Waals surface area contributed by atoms with Gasteiger partial charge in [-0.1, -0.05) is 22.9 Å². The number of alkyl halides is 1. The molecule has 2 nitrogen and oxygen atoms in total. The maximum absolute atomic E-state index is 10.5. The second-order valence-corrected chi connectivity index (χ2v) is 10.3. The van der Waals surface area contributed by atoms with E-state index >= 15 is 0 Å². The van der Waals surface area contributed by atoms with Crippen LogP contribution in [0.25, 0.3) is 0 Å². The van der Waals surface area contributed by atoms with Crippen molar-refractivity contribution >= 4 is 15.9 Å². The highest BCUT2D eigenvalue weighted by atomic mass is 79.9. The van der Waals surface area contributed by atoms with E-state index in [1.165, 1.54) is 44.1 Å². The molecular formula is C21H33BrO2. The summed E-state index contributed by atoms with van der Waals surface area (Å²) >= 11 is 3.46. The van der Waals surface area contributed by atoms with E-state index in [2.05, 4.69) is 22.9 Å². The van der Waals surface area contributed by atoms with E-state index in [9.17, 15) is 10.2 Å². The Bertz CT molecular complexity index is 540. The van der Waals surface area contributed by atoms with Gasteiger partial charge in [-0.05, 0) is 105 Å². The third-order valence-corrected chi connectivity index (χ3v) is 9.03. The highest BCUT2D eigenvalue weighted by Crippen LogP contribution is 2.64. The van der Waals surface area contributed by atoms with Crippen LogP contribution in [0.2, 0.25) is 0 Å². The second kappa shape index (κ2) is 6.01. The normalized spacial score (nSPS) is 53.1. The minimum atomic E-state index is -0.415. The molecule has 4 rings (SSSR count). The van der Waals surface area contributed by atoms with E-state index in [1.807, 2.05) is 6.92 Å². The molecule has 0 aromatic carbocycles. The van der Waals surface area contributed by atoms with Gasteiger partial charge in [0.15, 0.2) is 0 Å². The largest absolute Gasteiger partial charge is 0.511 e. The van der Waals surface area contributed by atoms with Gasteiger partial charge in [0.2, 0.25) is 0 Å². The van der Waals surface area contributed by atoms with E-state index in [4.69, 9.17) is 0 Å². The smallest absolute Gasteiger partial charge is 0.103 e. The van der Waals surface area contributed by atoms with Gasteiger partial charge in [0.05, 0.1) is 10.9 Å². The molecular weight excluding hydrogens is 364 g/mol. The molecule has 24 heavy (non-hydrogen) atoms. The summed E-state index contributed by atoms with van der Waals surface area (Å²) in [4.78, 5) is 0. The van der Waals surface area contributed by atoms with Crippen LogP contribution in [0.1, 0.15) is 71.6 Å². The molecule has 7 atom stereocenters. The van der Waals surface area contributed by atoms with Gasteiger partial charge >= 0.3 is 0 Å². The SMILES string of the molecule is C[C@@]1(O)CC[C@H]2[C@@H](CC[C@@H]3[C@@H]2CC[C@]2(C)/C(=C(/O)CBr)CC[C@@H]32)C1. The molecule has 0 aliphatic heterocycles. The van der Waals surface area contributed by atoms with Crippen LogP contribution in [0.15, 0.2) is 11.3 Å². The van der Waals surface area contributed by atoms with Crippen LogP contribution in [-0.2, 0) is 0 Å². The number of rotatable bonds is 1. The molecule has 4 aliphatic carbocycles. The molecule has 0 spiro atoms. The molecule has 0 bridgehead atoms. The van der Waals surface area contributed by atoms with Crippen molar-refractivity contribution < 1.29 is 10.2 Å². The zero-order valence-electron chi connectivity index (χ0n) is 15.2. The van der Waals surface area contributed by atoms with E-state index in [-0.39, 0.29) is 5.41 Å². The second-order valence-electron chi connectivity index (χ2n) is 9.73. The lowest BCUT2D eigenvalue weighted by molar-refractivity contribution is -0.0901. The predicted molar refractivity (Wildman–Crippen MR) is 101 cm³/mol. The van der Waals surface area contributed by atoms with Crippen molar-refractivity contribution in [1.29, 1.82) is 0 Å². The fourth-order valence-electron chi connectivity index (χ4n) is 7.45.